The van der Waals surface area contributed by atoms with Gasteiger partial charge in [0.25, 0.3) is 5.56 Å². The first-order chi connectivity index (χ1) is 7.49. The Balaban J connectivity index is 2.72. The Morgan fingerprint density at radius 1 is 1.38 bits per heavy atom. The van der Waals surface area contributed by atoms with Crippen molar-refractivity contribution in [3.8, 4) is 0 Å². The molecule has 90 valence electrons. The highest BCUT2D eigenvalue weighted by molar-refractivity contribution is 5.39. The molecule has 1 aromatic rings. The summed E-state index contributed by atoms with van der Waals surface area (Å²) >= 11 is 0. The monoisotopic (exact) mass is 223 g/mol. The molecular weight excluding hydrogens is 202 g/mol. The van der Waals surface area contributed by atoms with E-state index in [1.165, 1.54) is 4.68 Å². The first kappa shape index (κ1) is 12.7. The van der Waals surface area contributed by atoms with Crippen molar-refractivity contribution in [2.24, 2.45) is 5.92 Å². The van der Waals surface area contributed by atoms with Gasteiger partial charge in [-0.1, -0.05) is 13.8 Å². The third kappa shape index (κ3) is 4.04. The Morgan fingerprint density at radius 2 is 2.06 bits per heavy atom. The molecule has 1 heterocycles. The van der Waals surface area contributed by atoms with Crippen molar-refractivity contribution in [1.29, 1.82) is 0 Å². The Labute approximate surface area is 96.7 Å². The van der Waals surface area contributed by atoms with Gasteiger partial charge in [0.1, 0.15) is 0 Å². The van der Waals surface area contributed by atoms with Crippen molar-refractivity contribution in [1.82, 2.24) is 9.78 Å². The van der Waals surface area contributed by atoms with Gasteiger partial charge < -0.3 is 5.32 Å². The van der Waals surface area contributed by atoms with Crippen LogP contribution in [0.25, 0.3) is 0 Å². The maximum Gasteiger partial charge on any atom is 0.268 e. The van der Waals surface area contributed by atoms with Crippen LogP contribution in [0.2, 0.25) is 0 Å². The molecule has 1 rings (SSSR count). The van der Waals surface area contributed by atoms with Crippen molar-refractivity contribution in [3.05, 3.63) is 22.6 Å². The Hall–Kier alpha value is -1.32. The fraction of sp³-hybridized carbons (Fsp3) is 0.667. The first-order valence-corrected chi connectivity index (χ1v) is 5.82. The van der Waals surface area contributed by atoms with E-state index in [4.69, 9.17) is 0 Å². The molecule has 0 amide bonds. The second kappa shape index (κ2) is 5.68. The van der Waals surface area contributed by atoms with Crippen LogP contribution in [-0.4, -0.2) is 15.8 Å². The summed E-state index contributed by atoms with van der Waals surface area (Å²) < 4.78 is 1.52. The van der Waals surface area contributed by atoms with Gasteiger partial charge in [-0.15, -0.1) is 0 Å². The van der Waals surface area contributed by atoms with E-state index in [9.17, 15) is 4.79 Å². The summed E-state index contributed by atoms with van der Waals surface area (Å²) in [5.41, 5.74) is 0.757. The summed E-state index contributed by atoms with van der Waals surface area (Å²) in [4.78, 5) is 11.7. The molecule has 0 aliphatic carbocycles. The van der Waals surface area contributed by atoms with Gasteiger partial charge in [0.15, 0.2) is 0 Å². The van der Waals surface area contributed by atoms with Gasteiger partial charge in [-0.25, -0.2) is 4.68 Å². The zero-order valence-electron chi connectivity index (χ0n) is 10.5. The quantitative estimate of drug-likeness (QED) is 0.831. The van der Waals surface area contributed by atoms with Gasteiger partial charge in [0.05, 0.1) is 11.9 Å². The molecule has 0 unspecified atom stereocenters. The minimum Gasteiger partial charge on any atom is -0.381 e. The van der Waals surface area contributed by atoms with Gasteiger partial charge >= 0.3 is 0 Å². The first-order valence-electron chi connectivity index (χ1n) is 5.82. The van der Waals surface area contributed by atoms with Crippen LogP contribution < -0.4 is 10.9 Å². The highest BCUT2D eigenvalue weighted by atomic mass is 16.1. The molecule has 0 bridgehead atoms. The van der Waals surface area contributed by atoms with Crippen LogP contribution in [0.3, 0.4) is 0 Å². The summed E-state index contributed by atoms with van der Waals surface area (Å²) in [6, 6.07) is 1.92. The molecule has 0 radical (unpaired) electrons. The second-order valence-electron chi connectivity index (χ2n) is 4.79. The van der Waals surface area contributed by atoms with Crippen molar-refractivity contribution >= 4 is 5.69 Å². The molecule has 0 spiro atoms. The zero-order chi connectivity index (χ0) is 12.1. The van der Waals surface area contributed by atoms with E-state index >= 15 is 0 Å². The largest absolute Gasteiger partial charge is 0.381 e. The lowest BCUT2D eigenvalue weighted by atomic mass is 10.1. The molecule has 0 aliphatic heterocycles. The fourth-order valence-electron chi connectivity index (χ4n) is 1.39. The minimum atomic E-state index is -0.0358. The van der Waals surface area contributed by atoms with Crippen LogP contribution in [0.15, 0.2) is 17.1 Å². The predicted octanol–water partition coefficient (Wildman–Crippen LogP) is 2.11. The second-order valence-corrected chi connectivity index (χ2v) is 4.79. The molecule has 0 saturated carbocycles. The number of hydrogen-bond donors (Lipinski definition) is 1. The summed E-state index contributed by atoms with van der Waals surface area (Å²) in [6.07, 6.45) is 2.69. The van der Waals surface area contributed by atoms with Crippen LogP contribution in [0.5, 0.6) is 0 Å². The zero-order valence-corrected chi connectivity index (χ0v) is 10.5. The Kier molecular flexibility index (Phi) is 4.52. The predicted molar refractivity (Wildman–Crippen MR) is 66.7 cm³/mol. The maximum atomic E-state index is 11.7. The van der Waals surface area contributed by atoms with Crippen LogP contribution in [-0.2, 0) is 6.54 Å². The highest BCUT2D eigenvalue weighted by Crippen LogP contribution is 2.03. The minimum absolute atomic E-state index is 0.0358. The lowest BCUT2D eigenvalue weighted by Gasteiger charge is -2.11. The molecule has 0 saturated heterocycles. The highest BCUT2D eigenvalue weighted by Gasteiger charge is 2.02. The van der Waals surface area contributed by atoms with Gasteiger partial charge in [-0.3, -0.25) is 4.79 Å². The van der Waals surface area contributed by atoms with E-state index in [1.54, 1.807) is 12.3 Å². The maximum absolute atomic E-state index is 11.7. The number of hydrogen-bond acceptors (Lipinski definition) is 3. The molecule has 0 atom stereocenters. The summed E-state index contributed by atoms with van der Waals surface area (Å²) in [7, 11) is 0. The average molecular weight is 223 g/mol. The van der Waals surface area contributed by atoms with Crippen molar-refractivity contribution in [3.63, 3.8) is 0 Å². The molecule has 4 nitrogen and oxygen atoms in total. The van der Waals surface area contributed by atoms with Crippen LogP contribution in [0, 0.1) is 5.92 Å². The lowest BCUT2D eigenvalue weighted by molar-refractivity contribution is 0.472. The Morgan fingerprint density at radius 3 is 2.56 bits per heavy atom. The van der Waals surface area contributed by atoms with E-state index in [1.807, 2.05) is 13.8 Å². The fourth-order valence-corrected chi connectivity index (χ4v) is 1.39. The summed E-state index contributed by atoms with van der Waals surface area (Å²) in [6.45, 7) is 9.03. The molecule has 1 N–H and O–H groups in total. The molecule has 16 heavy (non-hydrogen) atoms. The molecule has 1 aromatic heterocycles. The molecule has 0 aromatic carbocycles. The molecule has 4 heteroatoms. The van der Waals surface area contributed by atoms with E-state index in [-0.39, 0.29) is 5.56 Å². The van der Waals surface area contributed by atoms with Gasteiger partial charge in [0.2, 0.25) is 0 Å². The normalized spacial score (nSPS) is 11.1. The molecular formula is C12H21N3O. The van der Waals surface area contributed by atoms with Gasteiger partial charge in [-0.2, -0.15) is 5.10 Å². The van der Waals surface area contributed by atoms with Gasteiger partial charge in [-0.05, 0) is 26.2 Å². The summed E-state index contributed by atoms with van der Waals surface area (Å²) in [5, 5.41) is 7.31. The van der Waals surface area contributed by atoms with E-state index < -0.39 is 0 Å². The number of nitrogens with one attached hydrogen (secondary N) is 1. The standard InChI is InChI=1S/C12H21N3O/c1-9(2)5-6-15-12(16)7-11(8-13-15)14-10(3)4/h7-10,14H,5-6H2,1-4H3. The van der Waals surface area contributed by atoms with Crippen molar-refractivity contribution in [2.75, 3.05) is 5.32 Å². The lowest BCUT2D eigenvalue weighted by Crippen LogP contribution is -2.24. The topological polar surface area (TPSA) is 46.9 Å². The van der Waals surface area contributed by atoms with Gasteiger partial charge in [0, 0.05) is 18.7 Å². The smallest absolute Gasteiger partial charge is 0.268 e. The van der Waals surface area contributed by atoms with Crippen LogP contribution in [0.1, 0.15) is 34.1 Å². The SMILES string of the molecule is CC(C)CCn1ncc(NC(C)C)cc1=O. The van der Waals surface area contributed by atoms with Crippen molar-refractivity contribution in [2.45, 2.75) is 46.7 Å². The number of aromatic nitrogens is 2. The number of rotatable bonds is 5. The number of nitrogens with zero attached hydrogens (tertiary/aromatic N) is 2. The van der Waals surface area contributed by atoms with E-state index in [2.05, 4.69) is 24.3 Å². The Bertz CT molecular complexity index is 382. The van der Waals surface area contributed by atoms with Crippen LogP contribution in [0.4, 0.5) is 5.69 Å². The number of aryl methyl sites for hydroxylation is 1. The van der Waals surface area contributed by atoms with Crippen LogP contribution >= 0.6 is 0 Å². The van der Waals surface area contributed by atoms with E-state index in [0.29, 0.717) is 18.5 Å². The third-order valence-electron chi connectivity index (χ3n) is 2.24. The molecule has 0 aliphatic rings. The van der Waals surface area contributed by atoms with Crippen molar-refractivity contribution < 1.29 is 0 Å². The third-order valence-corrected chi connectivity index (χ3v) is 2.24. The molecule has 0 fully saturated rings. The number of anilines is 1. The summed E-state index contributed by atoms with van der Waals surface area (Å²) in [5.74, 6) is 0.585. The van der Waals surface area contributed by atoms with E-state index in [0.717, 1.165) is 12.1 Å². The average Bonchev–Trinajstić information content (AvgIpc) is 2.15.